The van der Waals surface area contributed by atoms with E-state index in [1.54, 1.807) is 0 Å². The van der Waals surface area contributed by atoms with E-state index in [0.717, 1.165) is 0 Å². The summed E-state index contributed by atoms with van der Waals surface area (Å²) in [5.74, 6) is -4.03. The van der Waals surface area contributed by atoms with Crippen molar-refractivity contribution in [3.8, 4) is 0 Å². The number of carboxylic acid groups (broad SMARTS) is 2. The molecule has 2 heterocycles. The maximum atomic E-state index is 12.9. The molecule has 0 bridgehead atoms. The molecule has 0 aromatic rings. The van der Waals surface area contributed by atoms with Gasteiger partial charge in [-0.25, -0.2) is 0 Å². The monoisotopic (exact) mass is 908 g/mol. The standard InChI is InChI=1S/2C6H10O7.3Na.10H2O.2O.2Sb/c2*7-1-2(8)3(9)4(10)5(11)6(12)13;;;;;;;;;;;;;;;;;/h2*2-5,7-8,10H,1H2,(H,12,13);;;;10*1H2;;;;/q2*-2;3*+1;;;;;;;;;;;;;2*+2/p-3/t2*2-,3-,4+,5-;;;;;;;;;;;;;;;;;/m11................./s1. The van der Waals surface area contributed by atoms with Crippen LogP contribution in [0.2, 0.25) is 0 Å². The minimum Gasteiger partial charge on any atom is -0.870 e. The van der Waals surface area contributed by atoms with Gasteiger partial charge in [0.25, 0.3) is 0 Å². The van der Waals surface area contributed by atoms with Crippen LogP contribution in [0.5, 0.6) is 0 Å². The maximum absolute atomic E-state index is 12.9. The van der Waals surface area contributed by atoms with Crippen LogP contribution in [-0.4, -0.2) is 201 Å². The Bertz CT molecular complexity index is 698. The van der Waals surface area contributed by atoms with Gasteiger partial charge >= 0.3 is 271 Å². The zero-order valence-electron chi connectivity index (χ0n) is 22.6. The first kappa shape index (κ1) is 80.3. The van der Waals surface area contributed by atoms with Crippen molar-refractivity contribution in [1.82, 2.24) is 0 Å². The van der Waals surface area contributed by atoms with Crippen molar-refractivity contribution in [3.63, 3.8) is 0 Å². The Labute approximate surface area is 321 Å². The number of rotatable bonds is 8. The van der Waals surface area contributed by atoms with E-state index in [9.17, 15) is 43.2 Å². The predicted molar refractivity (Wildman–Crippen MR) is 115 cm³/mol. The SMILES string of the molecule is O.O.O.O.O.O.O.O.O.O=C([O-])[C@@H]1[O][Sb]([O][Sb]2(=[O])[O][C@H]([C@H](O)CO)[C@H](O)[C@H](C(=O)[O-])[O]2)[O][C@H]([C@H](O)CO)[C@@H]1O.[Na+].[Na+].[Na+].[OH-]. The van der Waals surface area contributed by atoms with Gasteiger partial charge < -0.3 is 54.8 Å². The van der Waals surface area contributed by atoms with Gasteiger partial charge in [0.2, 0.25) is 0 Å². The van der Waals surface area contributed by atoms with Crippen molar-refractivity contribution >= 4 is 53.5 Å². The number of aliphatic hydroxyl groups excluding tert-OH is 6. The molecule has 254 valence electrons. The smallest absolute Gasteiger partial charge is 0.870 e. The first-order chi connectivity index (χ1) is 13.9. The summed E-state index contributed by atoms with van der Waals surface area (Å²) in [6, 6.07) is 0. The van der Waals surface area contributed by atoms with Gasteiger partial charge in [0.15, 0.2) is 0 Å². The topological polar surface area (TPSA) is 578 Å². The van der Waals surface area contributed by atoms with Gasteiger partial charge in [0.05, 0.1) is 0 Å². The molecule has 0 saturated carbocycles. The van der Waals surface area contributed by atoms with E-state index in [2.05, 4.69) is 3.02 Å². The van der Waals surface area contributed by atoms with Gasteiger partial charge in [-0.2, -0.15) is 0 Å². The van der Waals surface area contributed by atoms with Crippen LogP contribution in [0.25, 0.3) is 0 Å². The molecule has 1 unspecified atom stereocenters. The van der Waals surface area contributed by atoms with Crippen LogP contribution in [0.15, 0.2) is 0 Å². The number of aliphatic hydroxyl groups is 6. The molecule has 2 rings (SSSR count). The first-order valence-corrected chi connectivity index (χ1v) is 15.4. The fourth-order valence-electron chi connectivity index (χ4n) is 2.45. The fraction of sp³-hybridized carbons (Fsp3) is 0.833. The largest absolute Gasteiger partial charge is 1.00 e. The van der Waals surface area contributed by atoms with Crippen LogP contribution in [0.3, 0.4) is 0 Å². The third kappa shape index (κ3) is 21.3. The van der Waals surface area contributed by atoms with Gasteiger partial charge in [0.1, 0.15) is 0 Å². The number of carbonyl (C=O) groups excluding carboxylic acids is 2. The average Bonchev–Trinajstić information content (AvgIpc) is 2.69. The van der Waals surface area contributed by atoms with E-state index < -0.39 is 116 Å². The molecule has 43 heavy (non-hydrogen) atoms. The minimum atomic E-state index is -6.18. The molecule has 0 aliphatic carbocycles. The summed E-state index contributed by atoms with van der Waals surface area (Å²) in [6.45, 7) is -2.01. The summed E-state index contributed by atoms with van der Waals surface area (Å²) < 4.78 is 37.3. The van der Waals surface area contributed by atoms with Crippen LogP contribution in [0, 0.1) is 0 Å². The van der Waals surface area contributed by atoms with E-state index in [1.807, 2.05) is 0 Å². The van der Waals surface area contributed by atoms with Crippen LogP contribution in [0.4, 0.5) is 0 Å². The Kier molecular flexibility index (Phi) is 66.9. The molecule has 25 N–H and O–H groups in total. The molecule has 0 aromatic carbocycles. The summed E-state index contributed by atoms with van der Waals surface area (Å²) in [6.07, 6.45) is -16.1. The molecule has 31 heteroatoms. The summed E-state index contributed by atoms with van der Waals surface area (Å²) in [7, 11) is 0. The molecule has 2 aliphatic rings. The van der Waals surface area contributed by atoms with E-state index in [-0.39, 0.29) is 143 Å². The molecular formula is C12H37Na3O26Sb2. The minimum absolute atomic E-state index is 0. The molecule has 0 spiro atoms. The molecule has 0 amide bonds. The van der Waals surface area contributed by atoms with E-state index in [1.165, 1.54) is 0 Å². The summed E-state index contributed by atoms with van der Waals surface area (Å²) in [5, 5.41) is 79.6. The molecule has 2 saturated heterocycles. The third-order valence-electron chi connectivity index (χ3n) is 3.96. The van der Waals surface area contributed by atoms with Crippen molar-refractivity contribution in [1.29, 1.82) is 0 Å². The normalized spacial score (nSPS) is 27.9. The van der Waals surface area contributed by atoms with E-state index >= 15 is 0 Å². The van der Waals surface area contributed by atoms with Crippen LogP contribution >= 0.6 is 0 Å². The van der Waals surface area contributed by atoms with Gasteiger partial charge in [-0.05, 0) is 0 Å². The first-order valence-electron chi connectivity index (χ1n) is 8.10. The van der Waals surface area contributed by atoms with Crippen molar-refractivity contribution in [2.75, 3.05) is 13.2 Å². The van der Waals surface area contributed by atoms with Crippen molar-refractivity contribution in [2.24, 2.45) is 0 Å². The van der Waals surface area contributed by atoms with Crippen LogP contribution < -0.4 is 98.9 Å². The quantitative estimate of drug-likeness (QED) is 0.123. The Morgan fingerprint density at radius 2 is 1.07 bits per heavy atom. The number of hydrogen-bond acceptors (Lipinski definition) is 17. The molecule has 2 aliphatic heterocycles. The summed E-state index contributed by atoms with van der Waals surface area (Å²) in [4.78, 5) is 22.4. The van der Waals surface area contributed by atoms with Gasteiger partial charge in [0, 0.05) is 0 Å². The second-order valence-electron chi connectivity index (χ2n) is 6.06. The van der Waals surface area contributed by atoms with Crippen LogP contribution in [0.1, 0.15) is 0 Å². The second-order valence-corrected chi connectivity index (χ2v) is 15.9. The van der Waals surface area contributed by atoms with Crippen molar-refractivity contribution < 1.29 is 210 Å². The van der Waals surface area contributed by atoms with Gasteiger partial charge in [-0.3, -0.25) is 0 Å². The van der Waals surface area contributed by atoms with E-state index in [4.69, 9.17) is 20.6 Å². The molecule has 2 fully saturated rings. The average molecular weight is 910 g/mol. The van der Waals surface area contributed by atoms with Crippen LogP contribution in [-0.2, 0) is 26.0 Å². The Morgan fingerprint density at radius 3 is 1.42 bits per heavy atom. The molecule has 26 nitrogen and oxygen atoms in total. The predicted octanol–water partition coefficient (Wildman–Crippen LogP) is -25.2. The Hall–Kier alpha value is 2.54. The van der Waals surface area contributed by atoms with Gasteiger partial charge in [-0.1, -0.05) is 0 Å². The number of carboxylic acids is 2. The zero-order valence-corrected chi connectivity index (χ0v) is 33.7. The number of hydrogen-bond donors (Lipinski definition) is 6. The zero-order chi connectivity index (χ0) is 22.8. The molecule has 0 aromatic heterocycles. The van der Waals surface area contributed by atoms with Crippen molar-refractivity contribution in [2.45, 2.75) is 48.8 Å². The Balaban J connectivity index is -0.0000000739. The van der Waals surface area contributed by atoms with E-state index in [0.29, 0.717) is 0 Å². The molecule has 0 radical (unpaired) electrons. The molecule has 9 atom stereocenters. The number of aliphatic carboxylic acids is 2. The third-order valence-corrected chi connectivity index (χ3v) is 16.4. The fourth-order valence-corrected chi connectivity index (χ4v) is 15.2. The number of carbonyl (C=O) groups is 2. The van der Waals surface area contributed by atoms with Crippen molar-refractivity contribution in [3.05, 3.63) is 0 Å². The second kappa shape index (κ2) is 35.8. The summed E-state index contributed by atoms with van der Waals surface area (Å²) >= 11 is -10.7. The maximum Gasteiger partial charge on any atom is 1.00 e. The summed E-state index contributed by atoms with van der Waals surface area (Å²) in [5.41, 5.74) is 0. The van der Waals surface area contributed by atoms with Gasteiger partial charge in [-0.15, -0.1) is 0 Å². The molecular weight excluding hydrogens is 873 g/mol. The Morgan fingerprint density at radius 1 is 0.721 bits per heavy atom.